The molecule has 1 aliphatic heterocycles. The Labute approximate surface area is 169 Å². The lowest BCUT2D eigenvalue weighted by Gasteiger charge is -2.16. The average molecular weight is 386 g/mol. The first kappa shape index (κ1) is 18.7. The number of hydrogen-bond acceptors (Lipinski definition) is 3. The molecule has 0 bridgehead atoms. The summed E-state index contributed by atoms with van der Waals surface area (Å²) in [5.74, 6) is 1.43. The maximum atomic E-state index is 12.6. The quantitative estimate of drug-likeness (QED) is 0.677. The van der Waals surface area contributed by atoms with Crippen LogP contribution in [-0.2, 0) is 11.3 Å². The van der Waals surface area contributed by atoms with Crippen molar-refractivity contribution in [3.63, 3.8) is 0 Å². The summed E-state index contributed by atoms with van der Waals surface area (Å²) >= 11 is 0. The van der Waals surface area contributed by atoms with Gasteiger partial charge >= 0.3 is 0 Å². The van der Waals surface area contributed by atoms with Crippen molar-refractivity contribution < 1.29 is 14.3 Å². The number of amides is 2. The third-order valence-electron chi connectivity index (χ3n) is 4.90. The predicted octanol–water partition coefficient (Wildman–Crippen LogP) is 4.54. The van der Waals surface area contributed by atoms with Crippen molar-refractivity contribution in [1.29, 1.82) is 0 Å². The summed E-state index contributed by atoms with van der Waals surface area (Å²) in [4.78, 5) is 26.2. The van der Waals surface area contributed by atoms with E-state index >= 15 is 0 Å². The van der Waals surface area contributed by atoms with Gasteiger partial charge in [0.1, 0.15) is 11.5 Å². The summed E-state index contributed by atoms with van der Waals surface area (Å²) in [6, 6.07) is 24.3. The molecule has 1 saturated heterocycles. The number of hydrogen-bond donors (Lipinski definition) is 1. The summed E-state index contributed by atoms with van der Waals surface area (Å²) in [6.45, 7) is 1.09. The molecule has 4 rings (SSSR count). The van der Waals surface area contributed by atoms with E-state index in [9.17, 15) is 9.59 Å². The van der Waals surface area contributed by atoms with Gasteiger partial charge in [-0.05, 0) is 48.9 Å². The molecule has 0 unspecified atom stereocenters. The maximum absolute atomic E-state index is 12.6. The van der Waals surface area contributed by atoms with E-state index in [0.29, 0.717) is 24.3 Å². The highest BCUT2D eigenvalue weighted by molar-refractivity contribution is 5.97. The molecule has 0 radical (unpaired) electrons. The highest BCUT2D eigenvalue weighted by Gasteiger charge is 2.21. The molecular formula is C24H22N2O3. The second-order valence-electron chi connectivity index (χ2n) is 6.90. The van der Waals surface area contributed by atoms with Crippen LogP contribution in [-0.4, -0.2) is 18.4 Å². The lowest BCUT2D eigenvalue weighted by atomic mass is 10.1. The van der Waals surface area contributed by atoms with Crippen LogP contribution in [0.5, 0.6) is 11.5 Å². The minimum Gasteiger partial charge on any atom is -0.457 e. The number of carbonyl (C=O) groups excluding carboxylic acids is 2. The zero-order valence-corrected chi connectivity index (χ0v) is 16.0. The molecule has 3 aromatic carbocycles. The Hall–Kier alpha value is -3.60. The molecule has 0 aromatic heterocycles. The Balaban J connectivity index is 1.40. The standard InChI is InChI=1S/C24H22N2O3/c27-23-11-6-16-26(23)20-14-12-18(13-15-20)24(28)25-17-19-7-4-5-10-22(19)29-21-8-2-1-3-9-21/h1-5,7-10,12-15H,6,11,16-17H2,(H,25,28). The number of anilines is 1. The molecular weight excluding hydrogens is 364 g/mol. The van der Waals surface area contributed by atoms with E-state index < -0.39 is 0 Å². The fourth-order valence-corrected chi connectivity index (χ4v) is 3.36. The van der Waals surface area contributed by atoms with Gasteiger partial charge in [-0.3, -0.25) is 9.59 Å². The largest absolute Gasteiger partial charge is 0.457 e. The van der Waals surface area contributed by atoms with E-state index in [-0.39, 0.29) is 11.8 Å². The highest BCUT2D eigenvalue weighted by Crippen LogP contribution is 2.25. The highest BCUT2D eigenvalue weighted by atomic mass is 16.5. The molecule has 5 heteroatoms. The van der Waals surface area contributed by atoms with Crippen LogP contribution < -0.4 is 15.0 Å². The van der Waals surface area contributed by atoms with Crippen LogP contribution in [0.4, 0.5) is 5.69 Å². The van der Waals surface area contributed by atoms with Gasteiger partial charge < -0.3 is 15.0 Å². The lowest BCUT2D eigenvalue weighted by molar-refractivity contribution is -0.117. The van der Waals surface area contributed by atoms with Crippen LogP contribution in [0.1, 0.15) is 28.8 Å². The van der Waals surface area contributed by atoms with Crippen molar-refractivity contribution in [2.75, 3.05) is 11.4 Å². The van der Waals surface area contributed by atoms with Crippen LogP contribution in [0.2, 0.25) is 0 Å². The van der Waals surface area contributed by atoms with Gasteiger partial charge in [0.15, 0.2) is 0 Å². The van der Waals surface area contributed by atoms with Crippen LogP contribution >= 0.6 is 0 Å². The molecule has 1 aliphatic rings. The number of rotatable bonds is 6. The van der Waals surface area contributed by atoms with Crippen molar-refractivity contribution in [3.8, 4) is 11.5 Å². The van der Waals surface area contributed by atoms with Gasteiger partial charge in [-0.15, -0.1) is 0 Å². The molecule has 29 heavy (non-hydrogen) atoms. The van der Waals surface area contributed by atoms with Gasteiger partial charge in [0.25, 0.3) is 5.91 Å². The molecule has 0 atom stereocenters. The zero-order valence-electron chi connectivity index (χ0n) is 16.0. The van der Waals surface area contributed by atoms with Gasteiger partial charge in [-0.2, -0.15) is 0 Å². The molecule has 0 aliphatic carbocycles. The summed E-state index contributed by atoms with van der Waals surface area (Å²) in [7, 11) is 0. The number of nitrogens with zero attached hydrogens (tertiary/aromatic N) is 1. The minimum absolute atomic E-state index is 0.136. The summed E-state index contributed by atoms with van der Waals surface area (Å²) < 4.78 is 5.94. The second-order valence-corrected chi connectivity index (χ2v) is 6.90. The molecule has 1 N–H and O–H groups in total. The molecule has 0 saturated carbocycles. The Morgan fingerprint density at radius 3 is 2.38 bits per heavy atom. The molecule has 2 amide bonds. The van der Waals surface area contributed by atoms with Crippen LogP contribution in [0, 0.1) is 0 Å². The monoisotopic (exact) mass is 386 g/mol. The van der Waals surface area contributed by atoms with Crippen LogP contribution in [0.3, 0.4) is 0 Å². The van der Waals surface area contributed by atoms with Gasteiger partial charge in [0, 0.05) is 36.3 Å². The number of ether oxygens (including phenoxy) is 1. The summed E-state index contributed by atoms with van der Waals surface area (Å²) in [5, 5.41) is 2.94. The van der Waals surface area contributed by atoms with Gasteiger partial charge in [-0.25, -0.2) is 0 Å². The first-order valence-electron chi connectivity index (χ1n) is 9.70. The summed E-state index contributed by atoms with van der Waals surface area (Å²) in [5.41, 5.74) is 2.29. The van der Waals surface area contributed by atoms with Gasteiger partial charge in [0.05, 0.1) is 0 Å². The van der Waals surface area contributed by atoms with Crippen molar-refractivity contribution >= 4 is 17.5 Å². The lowest BCUT2D eigenvalue weighted by Crippen LogP contribution is -2.25. The predicted molar refractivity (Wildman–Crippen MR) is 112 cm³/mol. The van der Waals surface area contributed by atoms with Gasteiger partial charge in [-0.1, -0.05) is 36.4 Å². The van der Waals surface area contributed by atoms with E-state index in [4.69, 9.17) is 4.74 Å². The topological polar surface area (TPSA) is 58.6 Å². The van der Waals surface area contributed by atoms with Crippen molar-refractivity contribution in [2.24, 2.45) is 0 Å². The van der Waals surface area contributed by atoms with Crippen LogP contribution in [0.15, 0.2) is 78.9 Å². The Morgan fingerprint density at radius 2 is 1.66 bits per heavy atom. The second kappa shape index (κ2) is 8.61. The fourth-order valence-electron chi connectivity index (χ4n) is 3.36. The molecule has 1 fully saturated rings. The first-order valence-corrected chi connectivity index (χ1v) is 9.70. The minimum atomic E-state index is -0.168. The fraction of sp³-hybridized carbons (Fsp3) is 0.167. The molecule has 5 nitrogen and oxygen atoms in total. The van der Waals surface area contributed by atoms with Crippen LogP contribution in [0.25, 0.3) is 0 Å². The smallest absolute Gasteiger partial charge is 0.251 e. The Kier molecular flexibility index (Phi) is 5.56. The Morgan fingerprint density at radius 1 is 0.931 bits per heavy atom. The Bertz CT molecular complexity index is 1000. The van der Waals surface area contributed by atoms with Crippen molar-refractivity contribution in [1.82, 2.24) is 5.32 Å². The zero-order chi connectivity index (χ0) is 20.1. The van der Waals surface area contributed by atoms with E-state index in [0.717, 1.165) is 30.0 Å². The van der Waals surface area contributed by atoms with E-state index in [1.807, 2.05) is 66.7 Å². The third-order valence-corrected chi connectivity index (χ3v) is 4.90. The van der Waals surface area contributed by atoms with E-state index in [2.05, 4.69) is 5.32 Å². The normalized spacial score (nSPS) is 13.4. The van der Waals surface area contributed by atoms with E-state index in [1.165, 1.54) is 0 Å². The number of nitrogens with one attached hydrogen (secondary N) is 1. The molecule has 0 spiro atoms. The number of para-hydroxylation sites is 2. The molecule has 3 aromatic rings. The maximum Gasteiger partial charge on any atom is 0.251 e. The van der Waals surface area contributed by atoms with Crippen molar-refractivity contribution in [3.05, 3.63) is 90.0 Å². The van der Waals surface area contributed by atoms with Crippen molar-refractivity contribution in [2.45, 2.75) is 19.4 Å². The third kappa shape index (κ3) is 4.46. The molecule has 1 heterocycles. The average Bonchev–Trinajstić information content (AvgIpc) is 3.19. The first-order chi connectivity index (χ1) is 14.2. The molecule has 146 valence electrons. The number of carbonyl (C=O) groups is 2. The summed E-state index contributed by atoms with van der Waals surface area (Å²) in [6.07, 6.45) is 1.47. The van der Waals surface area contributed by atoms with Gasteiger partial charge in [0.2, 0.25) is 5.91 Å². The van der Waals surface area contributed by atoms with E-state index in [1.54, 1.807) is 17.0 Å². The SMILES string of the molecule is O=C(NCc1ccccc1Oc1ccccc1)c1ccc(N2CCCC2=O)cc1. The number of benzene rings is 3.